The summed E-state index contributed by atoms with van der Waals surface area (Å²) in [6, 6.07) is 3.29. The normalized spacial score (nSPS) is 18.1. The molecule has 2 rings (SSSR count). The van der Waals surface area contributed by atoms with Crippen molar-refractivity contribution in [2.45, 2.75) is 19.8 Å². The zero-order valence-corrected chi connectivity index (χ0v) is 12.4. The minimum absolute atomic E-state index is 0.146. The van der Waals surface area contributed by atoms with E-state index in [-0.39, 0.29) is 11.7 Å². The van der Waals surface area contributed by atoms with Crippen LogP contribution in [0.5, 0.6) is 0 Å². The van der Waals surface area contributed by atoms with Crippen molar-refractivity contribution in [1.29, 1.82) is 0 Å². The van der Waals surface area contributed by atoms with Crippen molar-refractivity contribution in [3.05, 3.63) is 24.2 Å². The summed E-state index contributed by atoms with van der Waals surface area (Å²) < 4.78 is 30.0. The molecule has 1 amide bonds. The van der Waals surface area contributed by atoms with Gasteiger partial charge in [-0.2, -0.15) is 0 Å². The lowest BCUT2D eigenvalue weighted by molar-refractivity contribution is 0.0914. The molecule has 1 fully saturated rings. The molecule has 1 aromatic heterocycles. The Kier molecular flexibility index (Phi) is 4.82. The van der Waals surface area contributed by atoms with Crippen LogP contribution in [-0.4, -0.2) is 44.0 Å². The number of hydrogen-bond acceptors (Lipinski definition) is 4. The van der Waals surface area contributed by atoms with Crippen LogP contribution in [0.2, 0.25) is 0 Å². The molecule has 1 N–H and O–H groups in total. The number of nitrogens with zero attached hydrogens (tertiary/aromatic N) is 1. The summed E-state index contributed by atoms with van der Waals surface area (Å²) in [5, 5.41) is 2.82. The summed E-state index contributed by atoms with van der Waals surface area (Å²) >= 11 is 0. The van der Waals surface area contributed by atoms with E-state index in [1.54, 1.807) is 19.1 Å². The molecule has 1 aromatic rings. The van der Waals surface area contributed by atoms with Crippen LogP contribution in [-0.2, 0) is 10.0 Å². The molecule has 1 aliphatic rings. The first-order chi connectivity index (χ1) is 9.53. The molecule has 112 valence electrons. The number of nitrogens with one attached hydrogen (secondary N) is 1. The van der Waals surface area contributed by atoms with Gasteiger partial charge in [0.25, 0.3) is 5.91 Å². The molecule has 0 spiro atoms. The van der Waals surface area contributed by atoms with E-state index in [2.05, 4.69) is 5.32 Å². The van der Waals surface area contributed by atoms with Crippen LogP contribution in [0.3, 0.4) is 0 Å². The second-order valence-electron chi connectivity index (χ2n) is 4.93. The molecule has 0 saturated carbocycles. The Morgan fingerprint density at radius 1 is 1.45 bits per heavy atom. The van der Waals surface area contributed by atoms with Crippen LogP contribution in [0.15, 0.2) is 22.8 Å². The van der Waals surface area contributed by atoms with Crippen molar-refractivity contribution in [1.82, 2.24) is 9.62 Å². The van der Waals surface area contributed by atoms with Crippen LogP contribution >= 0.6 is 0 Å². The Bertz CT molecular complexity index is 531. The molecular weight excluding hydrogens is 280 g/mol. The minimum Gasteiger partial charge on any atom is -0.459 e. The van der Waals surface area contributed by atoms with Crippen molar-refractivity contribution >= 4 is 15.9 Å². The molecule has 20 heavy (non-hydrogen) atoms. The first-order valence-electron chi connectivity index (χ1n) is 6.82. The Labute approximate surface area is 119 Å². The van der Waals surface area contributed by atoms with Gasteiger partial charge in [0.2, 0.25) is 10.0 Å². The fraction of sp³-hybridized carbons (Fsp3) is 0.615. The van der Waals surface area contributed by atoms with E-state index in [1.807, 2.05) is 0 Å². The van der Waals surface area contributed by atoms with E-state index in [4.69, 9.17) is 4.42 Å². The predicted molar refractivity (Wildman–Crippen MR) is 74.8 cm³/mol. The lowest BCUT2D eigenvalue weighted by Gasteiger charge is -2.30. The van der Waals surface area contributed by atoms with Gasteiger partial charge in [0.1, 0.15) is 0 Å². The van der Waals surface area contributed by atoms with E-state index in [1.165, 1.54) is 10.6 Å². The summed E-state index contributed by atoms with van der Waals surface area (Å²) in [5.41, 5.74) is 0. The van der Waals surface area contributed by atoms with Crippen molar-refractivity contribution in [2.75, 3.05) is 25.4 Å². The Hall–Kier alpha value is -1.34. The summed E-state index contributed by atoms with van der Waals surface area (Å²) in [5.74, 6) is 0.541. The third kappa shape index (κ3) is 3.61. The number of carbonyl (C=O) groups is 1. The molecule has 0 radical (unpaired) electrons. The SMILES string of the molecule is CCS(=O)(=O)N1CCC(CNC(=O)c2ccco2)CC1. The maximum Gasteiger partial charge on any atom is 0.286 e. The van der Waals surface area contributed by atoms with Gasteiger partial charge in [-0.1, -0.05) is 0 Å². The van der Waals surface area contributed by atoms with Crippen LogP contribution in [0.4, 0.5) is 0 Å². The van der Waals surface area contributed by atoms with Crippen molar-refractivity contribution in [3.8, 4) is 0 Å². The second-order valence-corrected chi connectivity index (χ2v) is 7.19. The maximum atomic E-state index is 11.7. The highest BCUT2D eigenvalue weighted by atomic mass is 32.2. The number of piperidine rings is 1. The van der Waals surface area contributed by atoms with Crippen molar-refractivity contribution in [3.63, 3.8) is 0 Å². The highest BCUT2D eigenvalue weighted by Crippen LogP contribution is 2.19. The van der Waals surface area contributed by atoms with E-state index in [0.29, 0.717) is 31.3 Å². The summed E-state index contributed by atoms with van der Waals surface area (Å²) in [4.78, 5) is 11.7. The molecule has 0 bridgehead atoms. The number of carbonyl (C=O) groups excluding carboxylic acids is 1. The third-order valence-corrected chi connectivity index (χ3v) is 5.51. The Morgan fingerprint density at radius 2 is 2.15 bits per heavy atom. The molecule has 0 atom stereocenters. The summed E-state index contributed by atoms with van der Waals surface area (Å²) in [6.45, 7) is 3.29. The van der Waals surface area contributed by atoms with Gasteiger partial charge >= 0.3 is 0 Å². The number of hydrogen-bond donors (Lipinski definition) is 1. The second kappa shape index (κ2) is 6.41. The first-order valence-corrected chi connectivity index (χ1v) is 8.43. The van der Waals surface area contributed by atoms with Gasteiger partial charge in [0.05, 0.1) is 12.0 Å². The highest BCUT2D eigenvalue weighted by molar-refractivity contribution is 7.89. The van der Waals surface area contributed by atoms with E-state index in [9.17, 15) is 13.2 Å². The Morgan fingerprint density at radius 3 is 2.70 bits per heavy atom. The minimum atomic E-state index is -3.08. The zero-order valence-electron chi connectivity index (χ0n) is 11.5. The quantitative estimate of drug-likeness (QED) is 0.882. The zero-order chi connectivity index (χ0) is 14.6. The van der Waals surface area contributed by atoms with Crippen molar-refractivity contribution < 1.29 is 17.6 Å². The number of sulfonamides is 1. The predicted octanol–water partition coefficient (Wildman–Crippen LogP) is 1.07. The van der Waals surface area contributed by atoms with E-state index in [0.717, 1.165) is 12.8 Å². The molecular formula is C13H20N2O4S. The van der Waals surface area contributed by atoms with Gasteiger partial charge < -0.3 is 9.73 Å². The van der Waals surface area contributed by atoms with Gasteiger partial charge in [-0.25, -0.2) is 12.7 Å². The molecule has 7 heteroatoms. The third-order valence-electron chi connectivity index (χ3n) is 3.63. The fourth-order valence-corrected chi connectivity index (χ4v) is 3.44. The van der Waals surface area contributed by atoms with Crippen LogP contribution in [0, 0.1) is 5.92 Å². The van der Waals surface area contributed by atoms with Crippen LogP contribution in [0.1, 0.15) is 30.3 Å². The largest absolute Gasteiger partial charge is 0.459 e. The van der Waals surface area contributed by atoms with Gasteiger partial charge in [-0.15, -0.1) is 0 Å². The molecule has 0 unspecified atom stereocenters. The topological polar surface area (TPSA) is 79.6 Å². The van der Waals surface area contributed by atoms with Gasteiger partial charge in [0, 0.05) is 19.6 Å². The van der Waals surface area contributed by atoms with E-state index >= 15 is 0 Å². The lowest BCUT2D eigenvalue weighted by Crippen LogP contribution is -2.42. The number of rotatable bonds is 5. The Balaban J connectivity index is 1.76. The maximum absolute atomic E-state index is 11.7. The molecule has 0 aliphatic carbocycles. The summed E-state index contributed by atoms with van der Waals surface area (Å²) in [6.07, 6.45) is 3.01. The van der Waals surface area contributed by atoms with Crippen molar-refractivity contribution in [2.24, 2.45) is 5.92 Å². The monoisotopic (exact) mass is 300 g/mol. The van der Waals surface area contributed by atoms with E-state index < -0.39 is 10.0 Å². The number of amides is 1. The number of furan rings is 1. The molecule has 1 aliphatic heterocycles. The molecule has 2 heterocycles. The van der Waals surface area contributed by atoms with Crippen LogP contribution < -0.4 is 5.32 Å². The average molecular weight is 300 g/mol. The average Bonchev–Trinajstić information content (AvgIpc) is 2.99. The fourth-order valence-electron chi connectivity index (χ4n) is 2.31. The van der Waals surface area contributed by atoms with Gasteiger partial charge in [0.15, 0.2) is 5.76 Å². The van der Waals surface area contributed by atoms with Gasteiger partial charge in [-0.05, 0) is 37.8 Å². The summed E-state index contributed by atoms with van der Waals surface area (Å²) in [7, 11) is -3.08. The molecule has 1 saturated heterocycles. The highest BCUT2D eigenvalue weighted by Gasteiger charge is 2.26. The smallest absolute Gasteiger partial charge is 0.286 e. The van der Waals surface area contributed by atoms with Gasteiger partial charge in [-0.3, -0.25) is 4.79 Å². The standard InChI is InChI=1S/C13H20N2O4S/c1-2-20(17,18)15-7-5-11(6-8-15)10-14-13(16)12-4-3-9-19-12/h3-4,9,11H,2,5-8,10H2,1H3,(H,14,16). The molecule has 0 aromatic carbocycles. The lowest BCUT2D eigenvalue weighted by atomic mass is 9.98. The first kappa shape index (κ1) is 15.1. The van der Waals surface area contributed by atoms with Crippen LogP contribution in [0.25, 0.3) is 0 Å². The molecule has 6 nitrogen and oxygen atoms in total.